The van der Waals surface area contributed by atoms with Gasteiger partial charge in [-0.1, -0.05) is 29.8 Å². The van der Waals surface area contributed by atoms with Gasteiger partial charge in [0.1, 0.15) is 5.75 Å². The van der Waals surface area contributed by atoms with Crippen molar-refractivity contribution in [1.82, 2.24) is 20.4 Å². The van der Waals surface area contributed by atoms with Gasteiger partial charge in [-0.25, -0.2) is 4.68 Å². The van der Waals surface area contributed by atoms with E-state index in [1.807, 2.05) is 49.5 Å². The predicted molar refractivity (Wildman–Crippen MR) is 119 cm³/mol. The average Bonchev–Trinajstić information content (AvgIpc) is 3.22. The SMILES string of the molecule is CCOc1ccccc1C(CC(=O)NCc1cnn(-c2ccc(Cl)cc2)c1)NC(C)=O. The molecule has 0 saturated heterocycles. The maximum absolute atomic E-state index is 12.6. The van der Waals surface area contributed by atoms with Crippen molar-refractivity contribution in [3.63, 3.8) is 0 Å². The van der Waals surface area contributed by atoms with Crippen LogP contribution in [0.1, 0.15) is 37.4 Å². The van der Waals surface area contributed by atoms with Crippen LogP contribution in [-0.4, -0.2) is 28.2 Å². The van der Waals surface area contributed by atoms with Gasteiger partial charge in [0.05, 0.1) is 31.0 Å². The Morgan fingerprint density at radius 1 is 1.16 bits per heavy atom. The number of aromatic nitrogens is 2. The monoisotopic (exact) mass is 440 g/mol. The second-order valence-electron chi connectivity index (χ2n) is 6.97. The third kappa shape index (κ3) is 6.33. The molecule has 0 aliphatic heterocycles. The topological polar surface area (TPSA) is 85.2 Å². The molecule has 2 N–H and O–H groups in total. The van der Waals surface area contributed by atoms with Crippen LogP contribution >= 0.6 is 11.6 Å². The molecular weight excluding hydrogens is 416 g/mol. The second kappa shape index (κ2) is 10.6. The van der Waals surface area contributed by atoms with Crippen LogP contribution in [0.4, 0.5) is 0 Å². The minimum absolute atomic E-state index is 0.0923. The lowest BCUT2D eigenvalue weighted by atomic mass is 10.0. The molecule has 8 heteroatoms. The highest BCUT2D eigenvalue weighted by Crippen LogP contribution is 2.27. The molecule has 7 nitrogen and oxygen atoms in total. The molecule has 0 aliphatic carbocycles. The average molecular weight is 441 g/mol. The molecule has 0 radical (unpaired) electrons. The molecule has 0 fully saturated rings. The molecule has 0 spiro atoms. The maximum atomic E-state index is 12.6. The lowest BCUT2D eigenvalue weighted by Crippen LogP contribution is -2.32. The van der Waals surface area contributed by atoms with Gasteiger partial charge in [0.2, 0.25) is 11.8 Å². The fraction of sp³-hybridized carbons (Fsp3) is 0.261. The Balaban J connectivity index is 1.64. The molecule has 2 amide bonds. The van der Waals surface area contributed by atoms with Gasteiger partial charge >= 0.3 is 0 Å². The molecule has 1 atom stereocenters. The fourth-order valence-corrected chi connectivity index (χ4v) is 3.31. The molecule has 1 unspecified atom stereocenters. The third-order valence-corrected chi connectivity index (χ3v) is 4.83. The Bertz CT molecular complexity index is 1030. The van der Waals surface area contributed by atoms with E-state index in [-0.39, 0.29) is 18.2 Å². The van der Waals surface area contributed by atoms with E-state index < -0.39 is 6.04 Å². The Hall–Kier alpha value is -3.32. The first-order valence-electron chi connectivity index (χ1n) is 10.0. The summed E-state index contributed by atoms with van der Waals surface area (Å²) < 4.78 is 7.38. The van der Waals surface area contributed by atoms with E-state index in [1.54, 1.807) is 23.0 Å². The summed E-state index contributed by atoms with van der Waals surface area (Å²) in [5.41, 5.74) is 2.50. The number of hydrogen-bond acceptors (Lipinski definition) is 4. The van der Waals surface area contributed by atoms with Crippen LogP contribution in [0.3, 0.4) is 0 Å². The highest BCUT2D eigenvalue weighted by Gasteiger charge is 2.20. The summed E-state index contributed by atoms with van der Waals surface area (Å²) in [4.78, 5) is 24.3. The van der Waals surface area contributed by atoms with Crippen LogP contribution in [-0.2, 0) is 16.1 Å². The lowest BCUT2D eigenvalue weighted by Gasteiger charge is -2.21. The van der Waals surface area contributed by atoms with Crippen molar-refractivity contribution in [3.8, 4) is 11.4 Å². The van der Waals surface area contributed by atoms with Crippen LogP contribution in [0, 0.1) is 0 Å². The molecule has 162 valence electrons. The molecule has 1 aromatic heterocycles. The smallest absolute Gasteiger partial charge is 0.222 e. The largest absolute Gasteiger partial charge is 0.494 e. The van der Waals surface area contributed by atoms with E-state index in [2.05, 4.69) is 15.7 Å². The quantitative estimate of drug-likeness (QED) is 0.530. The van der Waals surface area contributed by atoms with Gasteiger partial charge in [0.25, 0.3) is 0 Å². The normalized spacial score (nSPS) is 11.6. The number of ether oxygens (including phenoxy) is 1. The number of carbonyl (C=O) groups is 2. The van der Waals surface area contributed by atoms with E-state index in [0.29, 0.717) is 23.9 Å². The Kier molecular flexibility index (Phi) is 7.67. The summed E-state index contributed by atoms with van der Waals surface area (Å²) in [5, 5.41) is 10.7. The lowest BCUT2D eigenvalue weighted by molar-refractivity contribution is -0.122. The van der Waals surface area contributed by atoms with Crippen LogP contribution in [0.15, 0.2) is 60.9 Å². The Labute approximate surface area is 186 Å². The van der Waals surface area contributed by atoms with E-state index >= 15 is 0 Å². The summed E-state index contributed by atoms with van der Waals surface area (Å²) in [6.45, 7) is 4.14. The molecule has 0 saturated carbocycles. The van der Waals surface area contributed by atoms with Crippen LogP contribution < -0.4 is 15.4 Å². The van der Waals surface area contributed by atoms with E-state index in [4.69, 9.17) is 16.3 Å². The van der Waals surface area contributed by atoms with Gasteiger partial charge in [-0.15, -0.1) is 0 Å². The van der Waals surface area contributed by atoms with Crippen molar-refractivity contribution < 1.29 is 14.3 Å². The molecule has 1 heterocycles. The standard InChI is InChI=1S/C23H25ClN4O3/c1-3-31-22-7-5-4-6-20(22)21(27-16(2)29)12-23(30)25-13-17-14-26-28(15-17)19-10-8-18(24)9-11-19/h4-11,14-15,21H,3,12-13H2,1-2H3,(H,25,30)(H,27,29). The second-order valence-corrected chi connectivity index (χ2v) is 7.41. The first kappa shape index (κ1) is 22.4. The molecule has 2 aromatic carbocycles. The van der Waals surface area contributed by atoms with Crippen molar-refractivity contribution in [1.29, 1.82) is 0 Å². The zero-order valence-electron chi connectivity index (χ0n) is 17.5. The number of carbonyl (C=O) groups excluding carboxylic acids is 2. The molecular formula is C23H25ClN4O3. The van der Waals surface area contributed by atoms with Crippen molar-refractivity contribution in [2.45, 2.75) is 32.9 Å². The van der Waals surface area contributed by atoms with Crippen molar-refractivity contribution >= 4 is 23.4 Å². The summed E-state index contributed by atoms with van der Waals surface area (Å²) in [5.74, 6) is 0.249. The van der Waals surface area contributed by atoms with Gasteiger partial charge in [0.15, 0.2) is 0 Å². The first-order valence-corrected chi connectivity index (χ1v) is 10.4. The third-order valence-electron chi connectivity index (χ3n) is 4.58. The predicted octanol–water partition coefficient (Wildman–Crippen LogP) is 3.81. The number of nitrogens with one attached hydrogen (secondary N) is 2. The van der Waals surface area contributed by atoms with Crippen LogP contribution in [0.25, 0.3) is 5.69 Å². The molecule has 0 bridgehead atoms. The van der Waals surface area contributed by atoms with Gasteiger partial charge in [-0.05, 0) is 37.3 Å². The summed E-state index contributed by atoms with van der Waals surface area (Å²) in [7, 11) is 0. The number of benzene rings is 2. The molecule has 31 heavy (non-hydrogen) atoms. The van der Waals surface area contributed by atoms with Crippen molar-refractivity contribution in [2.75, 3.05) is 6.61 Å². The Morgan fingerprint density at radius 2 is 1.90 bits per heavy atom. The number of amides is 2. The van der Waals surface area contributed by atoms with E-state index in [9.17, 15) is 9.59 Å². The number of para-hydroxylation sites is 1. The zero-order valence-corrected chi connectivity index (χ0v) is 18.2. The maximum Gasteiger partial charge on any atom is 0.222 e. The van der Waals surface area contributed by atoms with Gasteiger partial charge in [-0.2, -0.15) is 5.10 Å². The van der Waals surface area contributed by atoms with Crippen molar-refractivity contribution in [3.05, 3.63) is 77.1 Å². The zero-order chi connectivity index (χ0) is 22.2. The first-order chi connectivity index (χ1) is 15.0. The molecule has 0 aliphatic rings. The van der Waals surface area contributed by atoms with E-state index in [1.165, 1.54) is 6.92 Å². The highest BCUT2D eigenvalue weighted by atomic mass is 35.5. The van der Waals surface area contributed by atoms with Gasteiger partial charge in [0, 0.05) is 35.8 Å². The van der Waals surface area contributed by atoms with Crippen LogP contribution in [0.5, 0.6) is 5.75 Å². The summed E-state index contributed by atoms with van der Waals surface area (Å²) in [6, 6.07) is 14.2. The fourth-order valence-electron chi connectivity index (χ4n) is 3.18. The summed E-state index contributed by atoms with van der Waals surface area (Å²) in [6.07, 6.45) is 3.64. The Morgan fingerprint density at radius 3 is 2.61 bits per heavy atom. The number of nitrogens with zero attached hydrogens (tertiary/aromatic N) is 2. The summed E-state index contributed by atoms with van der Waals surface area (Å²) >= 11 is 5.92. The van der Waals surface area contributed by atoms with E-state index in [0.717, 1.165) is 16.8 Å². The van der Waals surface area contributed by atoms with Crippen LogP contribution in [0.2, 0.25) is 5.02 Å². The number of rotatable bonds is 9. The minimum atomic E-state index is -0.489. The minimum Gasteiger partial charge on any atom is -0.494 e. The highest BCUT2D eigenvalue weighted by molar-refractivity contribution is 6.30. The van der Waals surface area contributed by atoms with Crippen molar-refractivity contribution in [2.24, 2.45) is 0 Å². The van der Waals surface area contributed by atoms with Gasteiger partial charge < -0.3 is 15.4 Å². The number of hydrogen-bond donors (Lipinski definition) is 2. The molecule has 3 aromatic rings. The van der Waals surface area contributed by atoms with Gasteiger partial charge in [-0.3, -0.25) is 9.59 Å². The number of halogens is 1. The molecule has 3 rings (SSSR count).